The van der Waals surface area contributed by atoms with Crippen LogP contribution >= 0.6 is 11.3 Å². The van der Waals surface area contributed by atoms with Gasteiger partial charge in [0.1, 0.15) is 0 Å². The molecule has 126 valence electrons. The normalized spacial score (nSPS) is 14.9. The summed E-state index contributed by atoms with van der Waals surface area (Å²) >= 11 is 1.52. The van der Waals surface area contributed by atoms with Gasteiger partial charge in [-0.25, -0.2) is 0 Å². The van der Waals surface area contributed by atoms with Gasteiger partial charge in [-0.15, -0.1) is 11.3 Å². The van der Waals surface area contributed by atoms with Gasteiger partial charge in [0.25, 0.3) is 5.91 Å². The first-order valence-corrected chi connectivity index (χ1v) is 9.24. The Morgan fingerprint density at radius 1 is 1.21 bits per heavy atom. The number of rotatable bonds is 6. The van der Waals surface area contributed by atoms with Gasteiger partial charge in [-0.1, -0.05) is 19.1 Å². The molecule has 2 aromatic rings. The molecular formula is C19H22N2O2S. The van der Waals surface area contributed by atoms with Gasteiger partial charge in [0.05, 0.1) is 10.9 Å². The van der Waals surface area contributed by atoms with Crippen molar-refractivity contribution in [2.24, 2.45) is 0 Å². The van der Waals surface area contributed by atoms with Crippen LogP contribution in [0.1, 0.15) is 65.9 Å². The number of carbonyl (C=O) groups is 2. The molecule has 1 aliphatic carbocycles. The van der Waals surface area contributed by atoms with Crippen molar-refractivity contribution in [3.05, 3.63) is 51.7 Å². The van der Waals surface area contributed by atoms with E-state index >= 15 is 0 Å². The third-order valence-electron chi connectivity index (χ3n) is 4.28. The van der Waals surface area contributed by atoms with E-state index < -0.39 is 0 Å². The molecule has 2 amide bonds. The maximum atomic E-state index is 12.5. The number of hydrogen-bond donors (Lipinski definition) is 2. The van der Waals surface area contributed by atoms with Crippen molar-refractivity contribution >= 4 is 28.8 Å². The zero-order valence-corrected chi connectivity index (χ0v) is 14.8. The SMILES string of the molecule is CCC(=O)Nc1ccc([C@H](C)NC(=O)c2sccc2C2CC2)cc1. The number of amides is 2. The fourth-order valence-corrected chi connectivity index (χ4v) is 3.56. The lowest BCUT2D eigenvalue weighted by Crippen LogP contribution is -2.26. The first-order valence-electron chi connectivity index (χ1n) is 8.36. The Morgan fingerprint density at radius 2 is 1.92 bits per heavy atom. The van der Waals surface area contributed by atoms with Gasteiger partial charge in [-0.3, -0.25) is 9.59 Å². The molecule has 4 nitrogen and oxygen atoms in total. The Bertz CT molecular complexity index is 732. The second-order valence-electron chi connectivity index (χ2n) is 6.20. The van der Waals surface area contributed by atoms with E-state index in [-0.39, 0.29) is 17.9 Å². The van der Waals surface area contributed by atoms with Crippen LogP contribution in [0, 0.1) is 0 Å². The van der Waals surface area contributed by atoms with Crippen molar-refractivity contribution in [2.45, 2.75) is 45.1 Å². The molecule has 0 bridgehead atoms. The molecule has 1 aliphatic rings. The van der Waals surface area contributed by atoms with E-state index in [0.717, 1.165) is 16.1 Å². The molecule has 1 heterocycles. The predicted octanol–water partition coefficient (Wildman–Crippen LogP) is 4.47. The Morgan fingerprint density at radius 3 is 2.54 bits per heavy atom. The van der Waals surface area contributed by atoms with Gasteiger partial charge in [0.2, 0.25) is 5.91 Å². The number of hydrogen-bond acceptors (Lipinski definition) is 3. The van der Waals surface area contributed by atoms with Gasteiger partial charge >= 0.3 is 0 Å². The van der Waals surface area contributed by atoms with Crippen LogP contribution in [-0.2, 0) is 4.79 Å². The Hall–Kier alpha value is -2.14. The fourth-order valence-electron chi connectivity index (χ4n) is 2.67. The quantitative estimate of drug-likeness (QED) is 0.814. The second-order valence-corrected chi connectivity index (χ2v) is 7.11. The summed E-state index contributed by atoms with van der Waals surface area (Å²) in [7, 11) is 0. The summed E-state index contributed by atoms with van der Waals surface area (Å²) in [6, 6.07) is 9.60. The zero-order chi connectivity index (χ0) is 17.1. The number of anilines is 1. The monoisotopic (exact) mass is 342 g/mol. The van der Waals surface area contributed by atoms with E-state index in [1.54, 1.807) is 0 Å². The highest BCUT2D eigenvalue weighted by molar-refractivity contribution is 7.12. The fraction of sp³-hybridized carbons (Fsp3) is 0.368. The van der Waals surface area contributed by atoms with Crippen molar-refractivity contribution in [1.29, 1.82) is 0 Å². The standard InChI is InChI=1S/C19H22N2O2S/c1-3-17(22)21-15-8-6-13(7-9-15)12(2)20-19(23)18-16(10-11-24-18)14-4-5-14/h6-12,14H,3-5H2,1-2H3,(H,20,23)(H,21,22)/t12-/m0/s1. The van der Waals surface area contributed by atoms with Crippen molar-refractivity contribution in [3.8, 4) is 0 Å². The third-order valence-corrected chi connectivity index (χ3v) is 5.21. The average Bonchev–Trinajstić information content (AvgIpc) is 3.31. The van der Waals surface area contributed by atoms with Crippen LogP contribution in [0.3, 0.4) is 0 Å². The highest BCUT2D eigenvalue weighted by Crippen LogP contribution is 2.43. The smallest absolute Gasteiger partial charge is 0.262 e. The van der Waals surface area contributed by atoms with E-state index in [1.165, 1.54) is 29.7 Å². The van der Waals surface area contributed by atoms with Gasteiger partial charge in [-0.05, 0) is 60.4 Å². The summed E-state index contributed by atoms with van der Waals surface area (Å²) < 4.78 is 0. The van der Waals surface area contributed by atoms with Crippen LogP contribution in [-0.4, -0.2) is 11.8 Å². The molecule has 1 aromatic carbocycles. The average molecular weight is 342 g/mol. The molecule has 1 fully saturated rings. The van der Waals surface area contributed by atoms with Crippen LogP contribution in [0.5, 0.6) is 0 Å². The first-order chi connectivity index (χ1) is 11.6. The minimum absolute atomic E-state index is 0.00256. The number of nitrogens with one attached hydrogen (secondary N) is 2. The third kappa shape index (κ3) is 3.85. The number of carbonyl (C=O) groups excluding carboxylic acids is 2. The zero-order valence-electron chi connectivity index (χ0n) is 14.0. The minimum Gasteiger partial charge on any atom is -0.345 e. The van der Waals surface area contributed by atoms with Crippen molar-refractivity contribution in [1.82, 2.24) is 5.32 Å². The summed E-state index contributed by atoms with van der Waals surface area (Å²) in [6.45, 7) is 3.80. The van der Waals surface area contributed by atoms with Crippen LogP contribution in [0.2, 0.25) is 0 Å². The Kier molecular flexibility index (Phi) is 5.00. The van der Waals surface area contributed by atoms with Crippen molar-refractivity contribution < 1.29 is 9.59 Å². The van der Waals surface area contributed by atoms with Crippen molar-refractivity contribution in [3.63, 3.8) is 0 Å². The molecular weight excluding hydrogens is 320 g/mol. The van der Waals surface area contributed by atoms with E-state index in [9.17, 15) is 9.59 Å². The molecule has 0 aliphatic heterocycles. The maximum absolute atomic E-state index is 12.5. The van der Waals surface area contributed by atoms with Crippen LogP contribution in [0.4, 0.5) is 5.69 Å². The topological polar surface area (TPSA) is 58.2 Å². The van der Waals surface area contributed by atoms with E-state index in [0.29, 0.717) is 12.3 Å². The minimum atomic E-state index is -0.0809. The molecule has 2 N–H and O–H groups in total. The highest BCUT2D eigenvalue weighted by atomic mass is 32.1. The molecule has 1 atom stereocenters. The lowest BCUT2D eigenvalue weighted by Gasteiger charge is -2.15. The number of benzene rings is 1. The summed E-state index contributed by atoms with van der Waals surface area (Å²) in [5.74, 6) is 0.575. The summed E-state index contributed by atoms with van der Waals surface area (Å²) in [5.41, 5.74) is 2.99. The van der Waals surface area contributed by atoms with Crippen LogP contribution in [0.15, 0.2) is 35.7 Å². The molecule has 3 rings (SSSR count). The largest absolute Gasteiger partial charge is 0.345 e. The van der Waals surface area contributed by atoms with E-state index in [1.807, 2.05) is 43.5 Å². The molecule has 1 saturated carbocycles. The van der Waals surface area contributed by atoms with Gasteiger partial charge in [0.15, 0.2) is 0 Å². The molecule has 0 unspecified atom stereocenters. The van der Waals surface area contributed by atoms with Crippen LogP contribution < -0.4 is 10.6 Å². The van der Waals surface area contributed by atoms with Gasteiger partial charge in [0, 0.05) is 12.1 Å². The first kappa shape index (κ1) is 16.7. The van der Waals surface area contributed by atoms with Crippen molar-refractivity contribution in [2.75, 3.05) is 5.32 Å². The highest BCUT2D eigenvalue weighted by Gasteiger charge is 2.29. The Labute approximate surface area is 146 Å². The molecule has 5 heteroatoms. The van der Waals surface area contributed by atoms with E-state index in [2.05, 4.69) is 16.7 Å². The summed E-state index contributed by atoms with van der Waals surface area (Å²) in [4.78, 5) is 24.8. The van der Waals surface area contributed by atoms with Crippen LogP contribution in [0.25, 0.3) is 0 Å². The summed E-state index contributed by atoms with van der Waals surface area (Å²) in [6.07, 6.45) is 2.84. The molecule has 0 radical (unpaired) electrons. The Balaban J connectivity index is 1.63. The second kappa shape index (κ2) is 7.18. The number of thiophene rings is 1. The molecule has 24 heavy (non-hydrogen) atoms. The lowest BCUT2D eigenvalue weighted by atomic mass is 10.1. The van der Waals surface area contributed by atoms with E-state index in [4.69, 9.17) is 0 Å². The molecule has 0 saturated heterocycles. The lowest BCUT2D eigenvalue weighted by molar-refractivity contribution is -0.115. The van der Waals surface area contributed by atoms with Gasteiger partial charge < -0.3 is 10.6 Å². The predicted molar refractivity (Wildman–Crippen MR) is 97.5 cm³/mol. The summed E-state index contributed by atoms with van der Waals surface area (Å²) in [5, 5.41) is 7.90. The molecule has 0 spiro atoms. The molecule has 1 aromatic heterocycles. The van der Waals surface area contributed by atoms with Gasteiger partial charge in [-0.2, -0.15) is 0 Å². The maximum Gasteiger partial charge on any atom is 0.262 e.